The first-order chi connectivity index (χ1) is 7.88. The van der Waals surface area contributed by atoms with E-state index in [9.17, 15) is 0 Å². The number of benzene rings is 1. The van der Waals surface area contributed by atoms with Crippen LogP contribution in [-0.2, 0) is 6.54 Å². The Morgan fingerprint density at radius 3 is 2.50 bits per heavy atom. The van der Waals surface area contributed by atoms with Crippen LogP contribution in [0.1, 0.15) is 24.8 Å². The lowest BCUT2D eigenvalue weighted by molar-refractivity contribution is 0.186. The van der Waals surface area contributed by atoms with E-state index in [0.717, 1.165) is 25.6 Å². The van der Waals surface area contributed by atoms with Crippen molar-refractivity contribution in [1.82, 2.24) is 4.90 Å². The van der Waals surface area contributed by atoms with Gasteiger partial charge in [-0.2, -0.15) is 0 Å². The van der Waals surface area contributed by atoms with E-state index in [1.807, 2.05) is 6.07 Å². The van der Waals surface area contributed by atoms with Gasteiger partial charge in [0.1, 0.15) is 0 Å². The topological polar surface area (TPSA) is 23.5 Å². The molecule has 88 valence electrons. The monoisotopic (exact) mass is 219 g/mol. The van der Waals surface area contributed by atoms with Gasteiger partial charge < -0.3 is 5.11 Å². The highest BCUT2D eigenvalue weighted by molar-refractivity contribution is 5.14. The molecule has 0 radical (unpaired) electrons. The largest absolute Gasteiger partial charge is 0.395 e. The molecule has 0 atom stereocenters. The zero-order valence-electron chi connectivity index (χ0n) is 9.81. The van der Waals surface area contributed by atoms with E-state index in [-0.39, 0.29) is 6.61 Å². The van der Waals surface area contributed by atoms with Crippen molar-refractivity contribution < 1.29 is 5.11 Å². The van der Waals surface area contributed by atoms with Crippen LogP contribution in [0.15, 0.2) is 30.3 Å². The SMILES string of the molecule is OCCN(CCC1CC1)Cc1ccccc1. The van der Waals surface area contributed by atoms with Gasteiger partial charge in [-0.3, -0.25) is 4.90 Å². The Morgan fingerprint density at radius 1 is 1.12 bits per heavy atom. The summed E-state index contributed by atoms with van der Waals surface area (Å²) in [4.78, 5) is 2.35. The third-order valence-electron chi connectivity index (χ3n) is 3.22. The predicted molar refractivity (Wildman–Crippen MR) is 66.1 cm³/mol. The van der Waals surface area contributed by atoms with Crippen LogP contribution in [0.5, 0.6) is 0 Å². The summed E-state index contributed by atoms with van der Waals surface area (Å²) in [5.74, 6) is 0.969. The van der Waals surface area contributed by atoms with Crippen molar-refractivity contribution in [2.45, 2.75) is 25.8 Å². The van der Waals surface area contributed by atoms with Gasteiger partial charge in [0, 0.05) is 13.1 Å². The zero-order valence-corrected chi connectivity index (χ0v) is 9.81. The van der Waals surface area contributed by atoms with Crippen molar-refractivity contribution in [1.29, 1.82) is 0 Å². The van der Waals surface area contributed by atoms with Gasteiger partial charge in [-0.15, -0.1) is 0 Å². The van der Waals surface area contributed by atoms with Crippen LogP contribution in [0.4, 0.5) is 0 Å². The fourth-order valence-corrected chi connectivity index (χ4v) is 2.02. The molecule has 16 heavy (non-hydrogen) atoms. The normalized spacial score (nSPS) is 15.6. The quantitative estimate of drug-likeness (QED) is 0.760. The third kappa shape index (κ3) is 3.95. The van der Waals surface area contributed by atoms with Crippen molar-refractivity contribution in [3.05, 3.63) is 35.9 Å². The van der Waals surface area contributed by atoms with Gasteiger partial charge in [0.2, 0.25) is 0 Å². The van der Waals surface area contributed by atoms with Gasteiger partial charge >= 0.3 is 0 Å². The number of aliphatic hydroxyl groups is 1. The van der Waals surface area contributed by atoms with Gasteiger partial charge in [0.25, 0.3) is 0 Å². The van der Waals surface area contributed by atoms with Crippen LogP contribution >= 0.6 is 0 Å². The second-order valence-corrected chi connectivity index (χ2v) is 4.72. The second-order valence-electron chi connectivity index (χ2n) is 4.72. The summed E-state index contributed by atoms with van der Waals surface area (Å²) in [6, 6.07) is 10.5. The third-order valence-corrected chi connectivity index (χ3v) is 3.22. The molecule has 0 spiro atoms. The zero-order chi connectivity index (χ0) is 11.2. The van der Waals surface area contributed by atoms with E-state index in [2.05, 4.69) is 29.2 Å². The molecular weight excluding hydrogens is 198 g/mol. The van der Waals surface area contributed by atoms with Crippen molar-refractivity contribution in [2.24, 2.45) is 5.92 Å². The number of hydrogen-bond acceptors (Lipinski definition) is 2. The van der Waals surface area contributed by atoms with E-state index >= 15 is 0 Å². The van der Waals surface area contributed by atoms with Gasteiger partial charge in [-0.1, -0.05) is 43.2 Å². The Bertz CT molecular complexity index is 295. The van der Waals surface area contributed by atoms with E-state index in [4.69, 9.17) is 5.11 Å². The van der Waals surface area contributed by atoms with E-state index in [0.29, 0.717) is 0 Å². The molecule has 0 amide bonds. The van der Waals surface area contributed by atoms with E-state index in [1.54, 1.807) is 0 Å². The first-order valence-corrected chi connectivity index (χ1v) is 6.25. The minimum absolute atomic E-state index is 0.261. The molecule has 0 unspecified atom stereocenters. The van der Waals surface area contributed by atoms with E-state index < -0.39 is 0 Å². The maximum Gasteiger partial charge on any atom is 0.0558 e. The Labute approximate surface area is 97.9 Å². The minimum Gasteiger partial charge on any atom is -0.395 e. The molecule has 1 fully saturated rings. The molecule has 0 aromatic heterocycles. The van der Waals surface area contributed by atoms with Gasteiger partial charge in [0.15, 0.2) is 0 Å². The molecule has 1 N–H and O–H groups in total. The van der Waals surface area contributed by atoms with Crippen LogP contribution < -0.4 is 0 Å². The van der Waals surface area contributed by atoms with Crippen molar-refractivity contribution in [3.63, 3.8) is 0 Å². The summed E-state index contributed by atoms with van der Waals surface area (Å²) in [6.07, 6.45) is 4.13. The smallest absolute Gasteiger partial charge is 0.0558 e. The van der Waals surface area contributed by atoms with E-state index in [1.165, 1.54) is 24.8 Å². The summed E-state index contributed by atoms with van der Waals surface area (Å²) in [6.45, 7) is 3.15. The summed E-state index contributed by atoms with van der Waals surface area (Å²) < 4.78 is 0. The highest BCUT2D eigenvalue weighted by Crippen LogP contribution is 2.32. The number of rotatable bonds is 7. The van der Waals surface area contributed by atoms with Gasteiger partial charge in [-0.25, -0.2) is 0 Å². The number of aliphatic hydroxyl groups excluding tert-OH is 1. The summed E-state index contributed by atoms with van der Waals surface area (Å²) in [5, 5.41) is 9.05. The maximum absolute atomic E-state index is 9.05. The van der Waals surface area contributed by atoms with Crippen molar-refractivity contribution >= 4 is 0 Å². The minimum atomic E-state index is 0.261. The fraction of sp³-hybridized carbons (Fsp3) is 0.571. The number of hydrogen-bond donors (Lipinski definition) is 1. The highest BCUT2D eigenvalue weighted by Gasteiger charge is 2.21. The van der Waals surface area contributed by atoms with Crippen LogP contribution in [-0.4, -0.2) is 29.7 Å². The molecule has 0 bridgehead atoms. The summed E-state index contributed by atoms with van der Waals surface area (Å²) in [7, 11) is 0. The Kier molecular flexibility index (Phi) is 4.37. The van der Waals surface area contributed by atoms with Crippen LogP contribution in [0.2, 0.25) is 0 Å². The average molecular weight is 219 g/mol. The Hall–Kier alpha value is -0.860. The van der Waals surface area contributed by atoms with Crippen LogP contribution in [0.25, 0.3) is 0 Å². The Balaban J connectivity index is 1.80. The molecule has 1 aliphatic carbocycles. The molecule has 2 rings (SSSR count). The first kappa shape index (κ1) is 11.6. The lowest BCUT2D eigenvalue weighted by Crippen LogP contribution is -2.27. The molecule has 0 heterocycles. The molecule has 1 aromatic carbocycles. The lowest BCUT2D eigenvalue weighted by Gasteiger charge is -2.21. The number of nitrogens with zero attached hydrogens (tertiary/aromatic N) is 1. The summed E-state index contributed by atoms with van der Waals surface area (Å²) >= 11 is 0. The van der Waals surface area contributed by atoms with Crippen LogP contribution in [0, 0.1) is 5.92 Å². The maximum atomic E-state index is 9.05. The first-order valence-electron chi connectivity index (χ1n) is 6.25. The lowest BCUT2D eigenvalue weighted by atomic mass is 10.2. The standard InChI is InChI=1S/C14H21NO/c16-11-10-15(9-8-13-6-7-13)12-14-4-2-1-3-5-14/h1-5,13,16H,6-12H2. The fourth-order valence-electron chi connectivity index (χ4n) is 2.02. The second kappa shape index (κ2) is 6.02. The molecule has 0 saturated heterocycles. The van der Waals surface area contributed by atoms with Crippen LogP contribution in [0.3, 0.4) is 0 Å². The average Bonchev–Trinajstić information content (AvgIpc) is 3.11. The predicted octanol–water partition coefficient (Wildman–Crippen LogP) is 2.28. The van der Waals surface area contributed by atoms with Gasteiger partial charge in [0.05, 0.1) is 6.61 Å². The molecule has 2 nitrogen and oxygen atoms in total. The molecule has 1 aliphatic rings. The Morgan fingerprint density at radius 2 is 1.88 bits per heavy atom. The van der Waals surface area contributed by atoms with Crippen molar-refractivity contribution in [2.75, 3.05) is 19.7 Å². The molecule has 2 heteroatoms. The molecule has 0 aliphatic heterocycles. The van der Waals surface area contributed by atoms with Gasteiger partial charge in [-0.05, 0) is 24.4 Å². The molecule has 1 aromatic rings. The highest BCUT2D eigenvalue weighted by atomic mass is 16.3. The molecular formula is C14H21NO. The van der Waals surface area contributed by atoms with Crippen molar-refractivity contribution in [3.8, 4) is 0 Å². The summed E-state index contributed by atoms with van der Waals surface area (Å²) in [5.41, 5.74) is 1.34. The molecule has 1 saturated carbocycles.